The monoisotopic (exact) mass is 433 g/mol. The van der Waals surface area contributed by atoms with E-state index in [0.29, 0.717) is 0 Å². The molecule has 4 aromatic carbocycles. The van der Waals surface area contributed by atoms with Gasteiger partial charge in [-0.15, -0.1) is 0 Å². The second-order valence-electron chi connectivity index (χ2n) is 8.57. The molecule has 4 aromatic rings. The Bertz CT molecular complexity index is 1230. The Morgan fingerprint density at radius 3 is 1.70 bits per heavy atom. The largest absolute Gasteiger partial charge is 0.497 e. The molecule has 164 valence electrons. The molecule has 1 aliphatic heterocycles. The van der Waals surface area contributed by atoms with Crippen LogP contribution in [0, 0.1) is 0 Å². The second kappa shape index (κ2) is 8.95. The number of ether oxygens (including phenoxy) is 1. The molecule has 0 saturated carbocycles. The SMILES string of the molecule is COc1ccc(-c2cc(-c3ccccc3)c(C3=[N+](C)CCN3C)c(-c3ccccc3)c2)cc1. The van der Waals surface area contributed by atoms with Gasteiger partial charge in [-0.05, 0) is 57.6 Å². The van der Waals surface area contributed by atoms with Crippen molar-refractivity contribution in [2.45, 2.75) is 0 Å². The maximum absolute atomic E-state index is 5.39. The highest BCUT2D eigenvalue weighted by Crippen LogP contribution is 2.39. The van der Waals surface area contributed by atoms with E-state index in [1.165, 1.54) is 44.8 Å². The van der Waals surface area contributed by atoms with Crippen molar-refractivity contribution in [3.05, 3.63) is 103 Å². The normalized spacial score (nSPS) is 13.5. The molecule has 3 heteroatoms. The predicted octanol–water partition coefficient (Wildman–Crippen LogP) is 6.03. The summed E-state index contributed by atoms with van der Waals surface area (Å²) in [5.74, 6) is 2.14. The van der Waals surface area contributed by atoms with Crippen LogP contribution in [0.5, 0.6) is 5.75 Å². The summed E-state index contributed by atoms with van der Waals surface area (Å²) in [6, 6.07) is 34.5. The Labute approximate surface area is 196 Å². The van der Waals surface area contributed by atoms with E-state index in [0.717, 1.165) is 18.8 Å². The van der Waals surface area contributed by atoms with Crippen molar-refractivity contribution in [2.75, 3.05) is 34.3 Å². The highest BCUT2D eigenvalue weighted by atomic mass is 16.5. The third-order valence-corrected chi connectivity index (χ3v) is 6.45. The summed E-state index contributed by atoms with van der Waals surface area (Å²) in [6.07, 6.45) is 0. The summed E-state index contributed by atoms with van der Waals surface area (Å²) in [7, 11) is 6.09. The van der Waals surface area contributed by atoms with Crippen molar-refractivity contribution in [1.82, 2.24) is 4.90 Å². The van der Waals surface area contributed by atoms with Gasteiger partial charge in [0.1, 0.15) is 18.8 Å². The minimum atomic E-state index is 0.867. The molecule has 0 bridgehead atoms. The number of nitrogens with zero attached hydrogens (tertiary/aromatic N) is 2. The maximum Gasteiger partial charge on any atom is 0.280 e. The molecule has 0 unspecified atom stereocenters. The van der Waals surface area contributed by atoms with E-state index >= 15 is 0 Å². The zero-order valence-corrected chi connectivity index (χ0v) is 19.5. The highest BCUT2D eigenvalue weighted by Gasteiger charge is 2.32. The van der Waals surface area contributed by atoms with Crippen LogP contribution in [0.3, 0.4) is 0 Å². The van der Waals surface area contributed by atoms with Gasteiger partial charge in [-0.3, -0.25) is 9.48 Å². The molecule has 1 aliphatic rings. The molecule has 0 N–H and O–H groups in total. The summed E-state index contributed by atoms with van der Waals surface area (Å²) in [6.45, 7) is 2.04. The standard InChI is InChI=1S/C30H29N2O/c1-31-18-19-32(2)30(31)29-27(23-10-6-4-7-11-23)20-25(22-14-16-26(33-3)17-15-22)21-28(29)24-12-8-5-9-13-24/h4-17,20-21H,18-19H2,1-3H3/q+1. The highest BCUT2D eigenvalue weighted by molar-refractivity contribution is 6.09. The molecule has 0 fully saturated rings. The zero-order valence-electron chi connectivity index (χ0n) is 19.5. The van der Waals surface area contributed by atoms with Gasteiger partial charge in [-0.1, -0.05) is 72.8 Å². The number of methoxy groups -OCH3 is 1. The van der Waals surface area contributed by atoms with Crippen molar-refractivity contribution >= 4 is 5.84 Å². The molecule has 0 radical (unpaired) electrons. The first-order valence-corrected chi connectivity index (χ1v) is 11.4. The lowest BCUT2D eigenvalue weighted by Crippen LogP contribution is -2.27. The molecule has 0 atom stereocenters. The van der Waals surface area contributed by atoms with Gasteiger partial charge >= 0.3 is 0 Å². The Morgan fingerprint density at radius 1 is 0.697 bits per heavy atom. The first-order valence-electron chi connectivity index (χ1n) is 11.4. The molecule has 1 heterocycles. The molecular weight excluding hydrogens is 404 g/mol. The Kier molecular flexibility index (Phi) is 5.70. The lowest BCUT2D eigenvalue weighted by molar-refractivity contribution is -0.486. The van der Waals surface area contributed by atoms with Gasteiger partial charge in [0.05, 0.1) is 26.8 Å². The van der Waals surface area contributed by atoms with Gasteiger partial charge in [-0.2, -0.15) is 0 Å². The molecule has 0 amide bonds. The minimum Gasteiger partial charge on any atom is -0.497 e. The van der Waals surface area contributed by atoms with Crippen molar-refractivity contribution < 1.29 is 9.31 Å². The lowest BCUT2D eigenvalue weighted by atomic mass is 9.87. The summed E-state index contributed by atoms with van der Waals surface area (Å²) >= 11 is 0. The van der Waals surface area contributed by atoms with Gasteiger partial charge in [0.15, 0.2) is 0 Å². The number of hydrogen-bond acceptors (Lipinski definition) is 2. The first-order chi connectivity index (χ1) is 16.2. The Balaban J connectivity index is 1.84. The van der Waals surface area contributed by atoms with E-state index in [4.69, 9.17) is 4.74 Å². The molecule has 0 spiro atoms. The van der Waals surface area contributed by atoms with Crippen molar-refractivity contribution in [2.24, 2.45) is 0 Å². The first kappa shape index (κ1) is 21.0. The van der Waals surface area contributed by atoms with Crippen LogP contribution in [0.15, 0.2) is 97.1 Å². The zero-order chi connectivity index (χ0) is 22.8. The molecule has 0 aliphatic carbocycles. The number of rotatable bonds is 5. The van der Waals surface area contributed by atoms with E-state index in [1.807, 2.05) is 12.1 Å². The maximum atomic E-state index is 5.39. The van der Waals surface area contributed by atoms with E-state index in [-0.39, 0.29) is 0 Å². The average Bonchev–Trinajstić information content (AvgIpc) is 3.21. The Hall–Kier alpha value is -3.85. The van der Waals surface area contributed by atoms with Gasteiger partial charge < -0.3 is 4.74 Å². The average molecular weight is 434 g/mol. The van der Waals surface area contributed by atoms with Gasteiger partial charge in [0.25, 0.3) is 5.84 Å². The molecule has 5 rings (SSSR count). The van der Waals surface area contributed by atoms with Crippen LogP contribution >= 0.6 is 0 Å². The summed E-state index contributed by atoms with van der Waals surface area (Å²) in [5.41, 5.74) is 8.60. The van der Waals surface area contributed by atoms with Crippen LogP contribution < -0.4 is 4.74 Å². The van der Waals surface area contributed by atoms with E-state index in [9.17, 15) is 0 Å². The van der Waals surface area contributed by atoms with Crippen LogP contribution in [0.25, 0.3) is 33.4 Å². The van der Waals surface area contributed by atoms with Crippen LogP contribution in [0.1, 0.15) is 5.56 Å². The van der Waals surface area contributed by atoms with E-state index in [2.05, 4.69) is 108 Å². The van der Waals surface area contributed by atoms with Crippen LogP contribution in [-0.4, -0.2) is 49.6 Å². The summed E-state index contributed by atoms with van der Waals surface area (Å²) in [5, 5.41) is 0. The lowest BCUT2D eigenvalue weighted by Gasteiger charge is -2.19. The number of hydrogen-bond donors (Lipinski definition) is 0. The molecule has 33 heavy (non-hydrogen) atoms. The van der Waals surface area contributed by atoms with Gasteiger partial charge in [0, 0.05) is 0 Å². The topological polar surface area (TPSA) is 15.5 Å². The van der Waals surface area contributed by atoms with E-state index < -0.39 is 0 Å². The van der Waals surface area contributed by atoms with Gasteiger partial charge in [-0.25, -0.2) is 0 Å². The fourth-order valence-corrected chi connectivity index (χ4v) is 4.71. The van der Waals surface area contributed by atoms with Crippen molar-refractivity contribution in [3.8, 4) is 39.1 Å². The van der Waals surface area contributed by atoms with Crippen LogP contribution in [0.2, 0.25) is 0 Å². The fraction of sp³-hybridized carbons (Fsp3) is 0.167. The molecular formula is C30H29N2O+. The number of amidine groups is 1. The second-order valence-corrected chi connectivity index (χ2v) is 8.57. The summed E-state index contributed by atoms with van der Waals surface area (Å²) < 4.78 is 7.76. The summed E-state index contributed by atoms with van der Waals surface area (Å²) in [4.78, 5) is 2.38. The minimum absolute atomic E-state index is 0.867. The molecule has 0 saturated heterocycles. The van der Waals surface area contributed by atoms with Crippen molar-refractivity contribution in [1.29, 1.82) is 0 Å². The molecule has 3 nitrogen and oxygen atoms in total. The van der Waals surface area contributed by atoms with E-state index in [1.54, 1.807) is 7.11 Å². The van der Waals surface area contributed by atoms with Gasteiger partial charge in [0.2, 0.25) is 0 Å². The predicted molar refractivity (Wildman–Crippen MR) is 137 cm³/mol. The Morgan fingerprint density at radius 2 is 1.24 bits per heavy atom. The third kappa shape index (κ3) is 4.03. The third-order valence-electron chi connectivity index (χ3n) is 6.45. The van der Waals surface area contributed by atoms with Crippen LogP contribution in [0.4, 0.5) is 0 Å². The molecule has 0 aromatic heterocycles. The van der Waals surface area contributed by atoms with Crippen LogP contribution in [-0.2, 0) is 0 Å². The number of likely N-dealkylation sites (N-methyl/N-ethyl adjacent to an activating group) is 2. The fourth-order valence-electron chi connectivity index (χ4n) is 4.71. The smallest absolute Gasteiger partial charge is 0.280 e. The number of benzene rings is 4. The quantitative estimate of drug-likeness (QED) is 0.357. The van der Waals surface area contributed by atoms with Crippen molar-refractivity contribution in [3.63, 3.8) is 0 Å².